The van der Waals surface area contributed by atoms with E-state index in [0.717, 1.165) is 12.1 Å². The monoisotopic (exact) mass is 544 g/mol. The van der Waals surface area contributed by atoms with E-state index in [2.05, 4.69) is 57.8 Å². The zero-order valence-electron chi connectivity index (χ0n) is 12.7. The number of aromatic amines is 1. The molecular weight excluding hydrogens is 539 g/mol. The second kappa shape index (κ2) is 7.81. The number of pyridine rings is 1. The summed E-state index contributed by atoms with van der Waals surface area (Å²) < 4.78 is 20.6. The lowest BCUT2D eigenvalue weighted by molar-refractivity contribution is 0.0732. The maximum atomic E-state index is 13.7. The van der Waals surface area contributed by atoms with E-state index in [9.17, 15) is 14.0 Å². The Hall–Kier alpha value is -1.84. The minimum Gasteiger partial charge on any atom is -0.422 e. The van der Waals surface area contributed by atoms with E-state index in [0.29, 0.717) is 13.5 Å². The molecule has 0 amide bonds. The number of ketones is 1. The van der Waals surface area contributed by atoms with Crippen molar-refractivity contribution < 1.29 is 18.7 Å². The highest BCUT2D eigenvalue weighted by Crippen LogP contribution is 2.36. The van der Waals surface area contributed by atoms with Crippen molar-refractivity contribution >= 4 is 59.5 Å². The summed E-state index contributed by atoms with van der Waals surface area (Å²) in [5, 5.41) is 0. The molecule has 0 atom stereocenters. The highest BCUT2D eigenvalue weighted by Gasteiger charge is 2.24. The number of nitrogens with zero attached hydrogens (tertiary/aromatic N) is 1. The van der Waals surface area contributed by atoms with Gasteiger partial charge in [-0.2, -0.15) is 0 Å². The minimum absolute atomic E-state index is 0.0565. The van der Waals surface area contributed by atoms with Crippen LogP contribution >= 0.6 is 47.8 Å². The largest absolute Gasteiger partial charge is 0.422 e. The second-order valence-corrected chi connectivity index (χ2v) is 7.42. The van der Waals surface area contributed by atoms with Crippen molar-refractivity contribution in [3.8, 4) is 5.75 Å². The first kappa shape index (κ1) is 18.9. The molecule has 132 valence electrons. The van der Waals surface area contributed by atoms with Gasteiger partial charge in [0.25, 0.3) is 0 Å². The summed E-state index contributed by atoms with van der Waals surface area (Å²) in [5.74, 6) is -1.93. The van der Waals surface area contributed by atoms with Crippen molar-refractivity contribution in [3.63, 3.8) is 0 Å². The Bertz CT molecular complexity index is 1010. The predicted molar refractivity (Wildman–Crippen MR) is 103 cm³/mol. The van der Waals surface area contributed by atoms with Gasteiger partial charge in [0.2, 0.25) is 5.78 Å². The molecule has 0 fully saturated rings. The summed E-state index contributed by atoms with van der Waals surface area (Å²) in [7, 11) is 0. The fourth-order valence-corrected chi connectivity index (χ4v) is 3.56. The van der Waals surface area contributed by atoms with Gasteiger partial charge in [0.15, 0.2) is 0 Å². The van der Waals surface area contributed by atoms with Crippen molar-refractivity contribution in [3.05, 3.63) is 78.9 Å². The van der Waals surface area contributed by atoms with Gasteiger partial charge in [-0.25, -0.2) is 9.18 Å². The SMILES string of the molecule is O=C(Oc1ccc(F)cc1C(=O)c1[nH]c(Br)c(Br)c1Br)c1cccnc1. The quantitative estimate of drug-likeness (QED) is 0.274. The number of hydrogen-bond donors (Lipinski definition) is 1. The summed E-state index contributed by atoms with van der Waals surface area (Å²) >= 11 is 9.85. The van der Waals surface area contributed by atoms with Crippen molar-refractivity contribution in [1.82, 2.24) is 9.97 Å². The van der Waals surface area contributed by atoms with Gasteiger partial charge < -0.3 is 9.72 Å². The Kier molecular flexibility index (Phi) is 5.69. The molecule has 0 spiro atoms. The highest BCUT2D eigenvalue weighted by molar-refractivity contribution is 9.14. The fraction of sp³-hybridized carbons (Fsp3) is 0. The highest BCUT2D eigenvalue weighted by atomic mass is 79.9. The van der Waals surface area contributed by atoms with Crippen molar-refractivity contribution in [2.24, 2.45) is 0 Å². The molecule has 2 aromatic heterocycles. The molecule has 5 nitrogen and oxygen atoms in total. The molecule has 3 aromatic rings. The number of ether oxygens (including phenoxy) is 1. The molecule has 2 heterocycles. The summed E-state index contributed by atoms with van der Waals surface area (Å²) in [6, 6.07) is 6.47. The zero-order valence-corrected chi connectivity index (χ0v) is 17.5. The van der Waals surface area contributed by atoms with Crippen LogP contribution in [0.15, 0.2) is 56.3 Å². The van der Waals surface area contributed by atoms with Crippen LogP contribution in [0.3, 0.4) is 0 Å². The van der Waals surface area contributed by atoms with Crippen LogP contribution in [0.5, 0.6) is 5.75 Å². The molecule has 1 N–H and O–H groups in total. The Morgan fingerprint density at radius 1 is 1.12 bits per heavy atom. The molecular formula is C17H8Br3FN2O3. The average molecular weight is 547 g/mol. The normalized spacial score (nSPS) is 10.6. The van der Waals surface area contributed by atoms with Gasteiger partial charge in [0.05, 0.1) is 24.7 Å². The first-order valence-electron chi connectivity index (χ1n) is 7.07. The number of benzene rings is 1. The maximum absolute atomic E-state index is 13.7. The number of esters is 1. The summed E-state index contributed by atoms with van der Waals surface area (Å²) in [4.78, 5) is 31.8. The lowest BCUT2D eigenvalue weighted by atomic mass is 10.1. The van der Waals surface area contributed by atoms with Crippen LogP contribution in [0.4, 0.5) is 4.39 Å². The first-order valence-corrected chi connectivity index (χ1v) is 9.45. The summed E-state index contributed by atoms with van der Waals surface area (Å²) in [6.45, 7) is 0. The van der Waals surface area contributed by atoms with E-state index in [4.69, 9.17) is 4.74 Å². The van der Waals surface area contributed by atoms with Gasteiger partial charge in [-0.05, 0) is 78.1 Å². The fourth-order valence-electron chi connectivity index (χ4n) is 2.13. The van der Waals surface area contributed by atoms with Gasteiger partial charge >= 0.3 is 5.97 Å². The molecule has 0 aliphatic carbocycles. The standard InChI is InChI=1S/C17H8Br3FN2O3/c18-12-13(19)16(20)23-14(12)15(24)10-6-9(21)3-4-11(10)26-17(25)8-2-1-5-22-7-8/h1-7,23H. The third-order valence-electron chi connectivity index (χ3n) is 3.35. The van der Waals surface area contributed by atoms with E-state index in [1.165, 1.54) is 24.5 Å². The third kappa shape index (κ3) is 3.79. The third-order valence-corrected chi connectivity index (χ3v) is 6.60. The Morgan fingerprint density at radius 3 is 2.50 bits per heavy atom. The van der Waals surface area contributed by atoms with Crippen LogP contribution in [0, 0.1) is 5.82 Å². The maximum Gasteiger partial charge on any atom is 0.345 e. The second-order valence-electron chi connectivity index (χ2n) is 5.04. The Balaban J connectivity index is 1.99. The van der Waals surface area contributed by atoms with E-state index in [1.807, 2.05) is 0 Å². The molecule has 0 saturated carbocycles. The van der Waals surface area contributed by atoms with E-state index < -0.39 is 17.6 Å². The Morgan fingerprint density at radius 2 is 1.88 bits per heavy atom. The molecule has 0 aliphatic heterocycles. The van der Waals surface area contributed by atoms with E-state index in [1.54, 1.807) is 6.07 Å². The van der Waals surface area contributed by atoms with Gasteiger partial charge in [-0.3, -0.25) is 9.78 Å². The summed E-state index contributed by atoms with van der Waals surface area (Å²) in [6.07, 6.45) is 2.85. The minimum atomic E-state index is -0.702. The zero-order chi connectivity index (χ0) is 18.8. The number of H-pyrrole nitrogens is 1. The lowest BCUT2D eigenvalue weighted by Gasteiger charge is -2.09. The average Bonchev–Trinajstić information content (AvgIpc) is 2.90. The van der Waals surface area contributed by atoms with Gasteiger partial charge in [-0.1, -0.05) is 0 Å². The number of carbonyl (C=O) groups excluding carboxylic acids is 2. The predicted octanol–water partition coefficient (Wildman–Crippen LogP) is 5.29. The van der Waals surface area contributed by atoms with E-state index >= 15 is 0 Å². The molecule has 0 unspecified atom stereocenters. The number of rotatable bonds is 4. The number of aromatic nitrogens is 2. The molecule has 9 heteroatoms. The van der Waals surface area contributed by atoms with Crippen molar-refractivity contribution in [1.29, 1.82) is 0 Å². The molecule has 1 aromatic carbocycles. The first-order chi connectivity index (χ1) is 12.4. The lowest BCUT2D eigenvalue weighted by Crippen LogP contribution is -2.13. The number of nitrogens with one attached hydrogen (secondary N) is 1. The van der Waals surface area contributed by atoms with Crippen LogP contribution < -0.4 is 4.74 Å². The Labute approximate surface area is 172 Å². The molecule has 26 heavy (non-hydrogen) atoms. The van der Waals surface area contributed by atoms with Gasteiger partial charge in [0, 0.05) is 12.4 Å². The smallest absolute Gasteiger partial charge is 0.345 e. The van der Waals surface area contributed by atoms with Crippen molar-refractivity contribution in [2.75, 3.05) is 0 Å². The molecule has 0 aliphatic rings. The molecule has 0 saturated heterocycles. The van der Waals surface area contributed by atoms with Crippen LogP contribution in [0.25, 0.3) is 0 Å². The summed E-state index contributed by atoms with van der Waals surface area (Å²) in [5.41, 5.74) is 0.291. The van der Waals surface area contributed by atoms with Crippen LogP contribution in [0.1, 0.15) is 26.4 Å². The van der Waals surface area contributed by atoms with Crippen LogP contribution in [-0.4, -0.2) is 21.7 Å². The van der Waals surface area contributed by atoms with Crippen LogP contribution in [-0.2, 0) is 0 Å². The van der Waals surface area contributed by atoms with Gasteiger partial charge in [-0.15, -0.1) is 0 Å². The molecule has 0 bridgehead atoms. The number of hydrogen-bond acceptors (Lipinski definition) is 4. The van der Waals surface area contributed by atoms with E-state index in [-0.39, 0.29) is 22.6 Å². The molecule has 3 rings (SSSR count). The van der Waals surface area contributed by atoms with Crippen molar-refractivity contribution in [2.45, 2.75) is 0 Å². The number of halogens is 4. The topological polar surface area (TPSA) is 72.1 Å². The molecule has 0 radical (unpaired) electrons. The number of carbonyl (C=O) groups is 2. The van der Waals surface area contributed by atoms with Crippen LogP contribution in [0.2, 0.25) is 0 Å². The van der Waals surface area contributed by atoms with Gasteiger partial charge in [0.1, 0.15) is 17.3 Å².